The van der Waals surface area contributed by atoms with Crippen molar-refractivity contribution in [1.82, 2.24) is 4.90 Å². The normalized spacial score (nSPS) is 15.2. The molecule has 1 N–H and O–H groups in total. The largest absolute Gasteiger partial charge is 0.483 e. The fourth-order valence-corrected chi connectivity index (χ4v) is 5.42. The number of ether oxygens (including phenoxy) is 1. The van der Waals surface area contributed by atoms with Crippen LogP contribution in [0.1, 0.15) is 22.5 Å². The lowest BCUT2D eigenvalue weighted by Gasteiger charge is -2.13. The zero-order valence-electron chi connectivity index (χ0n) is 22.3. The van der Waals surface area contributed by atoms with Crippen LogP contribution in [0.3, 0.4) is 0 Å². The van der Waals surface area contributed by atoms with Crippen LogP contribution in [-0.4, -0.2) is 34.7 Å². The lowest BCUT2D eigenvalue weighted by molar-refractivity contribution is -0.122. The highest BCUT2D eigenvalue weighted by Gasteiger charge is 2.34. The Labute approximate surface area is 260 Å². The summed E-state index contributed by atoms with van der Waals surface area (Å²) in [7, 11) is 0. The standard InChI is InChI=1S/C31H24BrClN4O4S/c1-20-7-10-25(11-8-20)35-29(38)19-41-27-12-9-24(33)15-22(27)16-28-30(39)37(18-26-6-3-13-40-26)31(42-28)36-34-17-21-4-2-5-23(32)14-21/h2-17H,18-19H2,1H3,(H,35,38)/b28-16-,34-17-,36-31+. The maximum atomic E-state index is 13.5. The quantitative estimate of drug-likeness (QED) is 0.114. The minimum Gasteiger partial charge on any atom is -0.483 e. The summed E-state index contributed by atoms with van der Waals surface area (Å²) in [6, 6.07) is 23.6. The predicted octanol–water partition coefficient (Wildman–Crippen LogP) is 7.53. The Kier molecular flexibility index (Phi) is 9.58. The molecule has 42 heavy (non-hydrogen) atoms. The molecule has 5 rings (SSSR count). The van der Waals surface area contributed by atoms with Crippen LogP contribution in [0.2, 0.25) is 5.02 Å². The van der Waals surface area contributed by atoms with Crippen molar-refractivity contribution in [3.8, 4) is 5.75 Å². The van der Waals surface area contributed by atoms with Gasteiger partial charge >= 0.3 is 0 Å². The van der Waals surface area contributed by atoms with E-state index in [-0.39, 0.29) is 25.0 Å². The second kappa shape index (κ2) is 13.7. The maximum Gasteiger partial charge on any atom is 0.267 e. The number of anilines is 1. The van der Waals surface area contributed by atoms with Crippen LogP contribution in [0.5, 0.6) is 5.75 Å². The molecule has 212 valence electrons. The third kappa shape index (κ3) is 7.79. The van der Waals surface area contributed by atoms with Crippen molar-refractivity contribution >= 4 is 74.3 Å². The van der Waals surface area contributed by atoms with Crippen LogP contribution >= 0.6 is 39.3 Å². The van der Waals surface area contributed by atoms with Gasteiger partial charge in [-0.15, -0.1) is 5.10 Å². The fourth-order valence-electron chi connectivity index (χ4n) is 3.89. The summed E-state index contributed by atoms with van der Waals surface area (Å²) < 4.78 is 12.2. The van der Waals surface area contributed by atoms with Gasteiger partial charge in [-0.05, 0) is 84.9 Å². The molecular weight excluding hydrogens is 640 g/mol. The first-order chi connectivity index (χ1) is 20.3. The van der Waals surface area contributed by atoms with E-state index in [1.165, 1.54) is 16.7 Å². The van der Waals surface area contributed by atoms with Crippen LogP contribution in [0, 0.1) is 6.92 Å². The van der Waals surface area contributed by atoms with E-state index in [1.54, 1.807) is 48.9 Å². The molecule has 0 saturated carbocycles. The Bertz CT molecular complexity index is 1690. The Hall–Kier alpha value is -4.12. The number of halogens is 2. The average Bonchev–Trinajstić information content (AvgIpc) is 3.58. The van der Waals surface area contributed by atoms with Gasteiger partial charge in [-0.2, -0.15) is 5.10 Å². The molecule has 0 spiro atoms. The van der Waals surface area contributed by atoms with Crippen molar-refractivity contribution < 1.29 is 18.7 Å². The molecule has 4 aromatic rings. The van der Waals surface area contributed by atoms with E-state index in [2.05, 4.69) is 31.4 Å². The first-order valence-electron chi connectivity index (χ1n) is 12.7. The summed E-state index contributed by atoms with van der Waals surface area (Å²) in [5, 5.41) is 12.2. The lowest BCUT2D eigenvalue weighted by Crippen LogP contribution is -2.28. The number of nitrogens with one attached hydrogen (secondary N) is 1. The first kappa shape index (κ1) is 29.4. The molecular formula is C31H24BrClN4O4S. The van der Waals surface area contributed by atoms with Crippen molar-refractivity contribution in [3.63, 3.8) is 0 Å². The maximum absolute atomic E-state index is 13.5. The van der Waals surface area contributed by atoms with Gasteiger partial charge in [0.25, 0.3) is 11.8 Å². The SMILES string of the molecule is Cc1ccc(NC(=O)COc2ccc(Cl)cc2/C=C2\S/C(=N/N=C\c3cccc(Br)c3)N(Cc3ccco3)C2=O)cc1. The molecule has 1 aromatic heterocycles. The molecule has 0 atom stereocenters. The van der Waals surface area contributed by atoms with E-state index in [0.29, 0.717) is 37.9 Å². The van der Waals surface area contributed by atoms with E-state index >= 15 is 0 Å². The van der Waals surface area contributed by atoms with Crippen LogP contribution in [0.4, 0.5) is 5.69 Å². The van der Waals surface area contributed by atoms with Gasteiger partial charge in [0.1, 0.15) is 11.5 Å². The third-order valence-electron chi connectivity index (χ3n) is 5.93. The molecule has 1 aliphatic heterocycles. The monoisotopic (exact) mass is 662 g/mol. The molecule has 0 unspecified atom stereocenters. The van der Waals surface area contributed by atoms with Crippen molar-refractivity contribution in [1.29, 1.82) is 0 Å². The third-order valence-corrected chi connectivity index (χ3v) is 7.66. The van der Waals surface area contributed by atoms with Gasteiger partial charge < -0.3 is 14.5 Å². The van der Waals surface area contributed by atoms with E-state index in [1.807, 2.05) is 55.5 Å². The highest BCUT2D eigenvalue weighted by molar-refractivity contribution is 9.10. The summed E-state index contributed by atoms with van der Waals surface area (Å²) in [5.41, 5.74) is 3.16. The zero-order valence-corrected chi connectivity index (χ0v) is 25.4. The summed E-state index contributed by atoms with van der Waals surface area (Å²) in [6.45, 7) is 1.93. The number of benzene rings is 3. The minimum atomic E-state index is -0.318. The summed E-state index contributed by atoms with van der Waals surface area (Å²) in [6.07, 6.45) is 4.83. The number of thioether (sulfide) groups is 1. The smallest absolute Gasteiger partial charge is 0.267 e. The second-order valence-corrected chi connectivity index (χ2v) is 11.5. The minimum absolute atomic E-state index is 0.180. The Morgan fingerprint density at radius 2 is 1.95 bits per heavy atom. The molecule has 11 heteroatoms. The Balaban J connectivity index is 1.36. The Morgan fingerprint density at radius 1 is 1.12 bits per heavy atom. The fraction of sp³-hybridized carbons (Fsp3) is 0.0968. The van der Waals surface area contributed by atoms with Crippen LogP contribution < -0.4 is 10.1 Å². The van der Waals surface area contributed by atoms with E-state index in [9.17, 15) is 9.59 Å². The van der Waals surface area contributed by atoms with E-state index in [4.69, 9.17) is 20.8 Å². The van der Waals surface area contributed by atoms with Gasteiger partial charge in [-0.25, -0.2) is 0 Å². The molecule has 1 saturated heterocycles. The van der Waals surface area contributed by atoms with Crippen LogP contribution in [-0.2, 0) is 16.1 Å². The van der Waals surface area contributed by atoms with Crippen molar-refractivity contribution in [2.24, 2.45) is 10.2 Å². The average molecular weight is 664 g/mol. The summed E-state index contributed by atoms with van der Waals surface area (Å²) >= 11 is 10.9. The summed E-state index contributed by atoms with van der Waals surface area (Å²) in [5.74, 6) is 0.396. The number of nitrogens with zero attached hydrogens (tertiary/aromatic N) is 3. The Morgan fingerprint density at radius 3 is 2.71 bits per heavy atom. The van der Waals surface area contributed by atoms with Crippen molar-refractivity contribution in [2.75, 3.05) is 11.9 Å². The molecule has 2 heterocycles. The molecule has 1 aliphatic rings. The number of furan rings is 1. The molecule has 0 aliphatic carbocycles. The second-order valence-electron chi connectivity index (χ2n) is 9.15. The van der Waals surface area contributed by atoms with Crippen LogP contribution in [0.25, 0.3) is 6.08 Å². The topological polar surface area (TPSA) is 96.5 Å². The molecule has 0 radical (unpaired) electrons. The highest BCUT2D eigenvalue weighted by atomic mass is 79.9. The number of hydrogen-bond donors (Lipinski definition) is 1. The molecule has 8 nitrogen and oxygen atoms in total. The van der Waals surface area contributed by atoms with Gasteiger partial charge in [0.05, 0.1) is 23.9 Å². The molecule has 1 fully saturated rings. The van der Waals surface area contributed by atoms with E-state index in [0.717, 1.165) is 15.6 Å². The van der Waals surface area contributed by atoms with Gasteiger partial charge in [-0.3, -0.25) is 14.5 Å². The van der Waals surface area contributed by atoms with E-state index < -0.39 is 0 Å². The van der Waals surface area contributed by atoms with Crippen molar-refractivity contribution in [2.45, 2.75) is 13.5 Å². The number of amidine groups is 1. The number of rotatable bonds is 9. The predicted molar refractivity (Wildman–Crippen MR) is 171 cm³/mol. The van der Waals surface area contributed by atoms with Gasteiger partial charge in [0.2, 0.25) is 0 Å². The number of hydrogen-bond acceptors (Lipinski definition) is 7. The number of carbonyl (C=O) groups excluding carboxylic acids is 2. The van der Waals surface area contributed by atoms with Gasteiger partial charge in [-0.1, -0.05) is 57.4 Å². The number of amides is 2. The first-order valence-corrected chi connectivity index (χ1v) is 14.7. The highest BCUT2D eigenvalue weighted by Crippen LogP contribution is 2.36. The molecule has 2 amide bonds. The lowest BCUT2D eigenvalue weighted by atomic mass is 10.2. The number of carbonyl (C=O) groups is 2. The number of aryl methyl sites for hydroxylation is 1. The van der Waals surface area contributed by atoms with Crippen LogP contribution in [0.15, 0.2) is 109 Å². The molecule has 3 aromatic carbocycles. The zero-order chi connectivity index (χ0) is 29.5. The van der Waals surface area contributed by atoms with Crippen molar-refractivity contribution in [3.05, 3.63) is 122 Å². The van der Waals surface area contributed by atoms with Gasteiger partial charge in [0, 0.05) is 20.7 Å². The van der Waals surface area contributed by atoms with Gasteiger partial charge in [0.15, 0.2) is 11.8 Å². The summed E-state index contributed by atoms with van der Waals surface area (Å²) in [4.78, 5) is 27.9. The molecule has 0 bridgehead atoms.